The van der Waals surface area contributed by atoms with E-state index in [9.17, 15) is 0 Å². The molecule has 0 rings (SSSR count). The van der Waals surface area contributed by atoms with E-state index in [0.29, 0.717) is 0 Å². The Morgan fingerprint density at radius 2 is 1.39 bits per heavy atom. The third kappa shape index (κ3) is 9.00. The van der Waals surface area contributed by atoms with Crippen molar-refractivity contribution in [3.05, 3.63) is 0 Å². The first-order chi connectivity index (χ1) is 8.51. The van der Waals surface area contributed by atoms with E-state index in [1.54, 1.807) is 0 Å². The highest BCUT2D eigenvalue weighted by Gasteiger charge is 2.19. The molecule has 0 saturated carbocycles. The first-order valence-corrected chi connectivity index (χ1v) is 8.51. The van der Waals surface area contributed by atoms with Gasteiger partial charge in [-0.2, -0.15) is 0 Å². The molecule has 0 aliphatic heterocycles. The van der Waals surface area contributed by atoms with Crippen molar-refractivity contribution in [2.45, 2.75) is 92.9 Å². The SMILES string of the molecule is CCCCC(C)CC(CCC)C(C)CCC(C)C. The van der Waals surface area contributed by atoms with Gasteiger partial charge in [0, 0.05) is 0 Å². The molecule has 0 aliphatic rings. The summed E-state index contributed by atoms with van der Waals surface area (Å²) in [7, 11) is 0. The third-order valence-electron chi connectivity index (χ3n) is 4.42. The van der Waals surface area contributed by atoms with Gasteiger partial charge in [-0.1, -0.05) is 86.5 Å². The van der Waals surface area contributed by atoms with Crippen LogP contribution in [0, 0.1) is 23.7 Å². The highest BCUT2D eigenvalue weighted by molar-refractivity contribution is 4.70. The third-order valence-corrected chi connectivity index (χ3v) is 4.42. The molecule has 0 heterocycles. The quantitative estimate of drug-likeness (QED) is 0.385. The first-order valence-electron chi connectivity index (χ1n) is 8.51. The summed E-state index contributed by atoms with van der Waals surface area (Å²) in [4.78, 5) is 0. The van der Waals surface area contributed by atoms with E-state index >= 15 is 0 Å². The van der Waals surface area contributed by atoms with Crippen LogP contribution in [-0.2, 0) is 0 Å². The van der Waals surface area contributed by atoms with Gasteiger partial charge in [0.15, 0.2) is 0 Å². The minimum atomic E-state index is 0.868. The van der Waals surface area contributed by atoms with E-state index in [1.165, 1.54) is 51.4 Å². The van der Waals surface area contributed by atoms with E-state index in [0.717, 1.165) is 23.7 Å². The lowest BCUT2D eigenvalue weighted by atomic mass is 9.79. The fraction of sp³-hybridized carbons (Fsp3) is 1.00. The molecule has 0 bridgehead atoms. The summed E-state index contributed by atoms with van der Waals surface area (Å²) in [6.45, 7) is 14.3. The smallest absolute Gasteiger partial charge is 0.0386 e. The Balaban J connectivity index is 4.09. The maximum Gasteiger partial charge on any atom is -0.0386 e. The van der Waals surface area contributed by atoms with Crippen molar-refractivity contribution in [2.24, 2.45) is 23.7 Å². The molecule has 0 N–H and O–H groups in total. The van der Waals surface area contributed by atoms with Crippen LogP contribution in [0.4, 0.5) is 0 Å². The molecular formula is C18H38. The number of rotatable bonds is 11. The summed E-state index contributed by atoms with van der Waals surface area (Å²) >= 11 is 0. The molecule has 0 amide bonds. The average Bonchev–Trinajstić information content (AvgIpc) is 2.32. The van der Waals surface area contributed by atoms with Crippen molar-refractivity contribution in [1.29, 1.82) is 0 Å². The van der Waals surface area contributed by atoms with Crippen molar-refractivity contribution in [3.8, 4) is 0 Å². The van der Waals surface area contributed by atoms with Gasteiger partial charge >= 0.3 is 0 Å². The normalized spacial score (nSPS) is 16.8. The van der Waals surface area contributed by atoms with E-state index < -0.39 is 0 Å². The second-order valence-electron chi connectivity index (χ2n) is 6.98. The van der Waals surface area contributed by atoms with Crippen molar-refractivity contribution in [2.75, 3.05) is 0 Å². The largest absolute Gasteiger partial charge is 0.0654 e. The summed E-state index contributed by atoms with van der Waals surface area (Å²) in [5.74, 6) is 3.70. The molecule has 0 fully saturated rings. The molecule has 0 spiro atoms. The molecule has 110 valence electrons. The zero-order valence-electron chi connectivity index (χ0n) is 14.0. The first kappa shape index (κ1) is 18.0. The second kappa shape index (κ2) is 10.9. The molecule has 0 nitrogen and oxygen atoms in total. The van der Waals surface area contributed by atoms with Gasteiger partial charge in [0.2, 0.25) is 0 Å². The van der Waals surface area contributed by atoms with E-state index in [1.807, 2.05) is 0 Å². The molecule has 0 aromatic rings. The molecular weight excluding hydrogens is 216 g/mol. The average molecular weight is 255 g/mol. The summed E-state index contributed by atoms with van der Waals surface area (Å²) in [6.07, 6.45) is 11.3. The highest BCUT2D eigenvalue weighted by Crippen LogP contribution is 2.30. The van der Waals surface area contributed by atoms with Gasteiger partial charge < -0.3 is 0 Å². The van der Waals surface area contributed by atoms with Crippen LogP contribution in [0.1, 0.15) is 92.9 Å². The monoisotopic (exact) mass is 254 g/mol. The zero-order valence-corrected chi connectivity index (χ0v) is 14.0. The van der Waals surface area contributed by atoms with Gasteiger partial charge in [0.1, 0.15) is 0 Å². The van der Waals surface area contributed by atoms with E-state index in [4.69, 9.17) is 0 Å². The number of unbranched alkanes of at least 4 members (excludes halogenated alkanes) is 1. The molecule has 0 heteroatoms. The van der Waals surface area contributed by atoms with Crippen molar-refractivity contribution >= 4 is 0 Å². The van der Waals surface area contributed by atoms with Gasteiger partial charge in [-0.15, -0.1) is 0 Å². The fourth-order valence-electron chi connectivity index (χ4n) is 3.02. The molecule has 3 unspecified atom stereocenters. The fourth-order valence-corrected chi connectivity index (χ4v) is 3.02. The standard InChI is InChI=1S/C18H38/c1-7-9-11-16(5)14-18(10-8-2)17(6)13-12-15(3)4/h15-18H,7-14H2,1-6H3. The topological polar surface area (TPSA) is 0 Å². The predicted molar refractivity (Wildman–Crippen MR) is 84.9 cm³/mol. The van der Waals surface area contributed by atoms with Crippen LogP contribution in [-0.4, -0.2) is 0 Å². The summed E-state index contributed by atoms with van der Waals surface area (Å²) in [6, 6.07) is 0. The summed E-state index contributed by atoms with van der Waals surface area (Å²) in [5.41, 5.74) is 0. The molecule has 0 aromatic carbocycles. The van der Waals surface area contributed by atoms with Gasteiger partial charge in [-0.25, -0.2) is 0 Å². The summed E-state index contributed by atoms with van der Waals surface area (Å²) < 4.78 is 0. The Morgan fingerprint density at radius 3 is 1.89 bits per heavy atom. The van der Waals surface area contributed by atoms with Gasteiger partial charge in [-0.05, 0) is 30.1 Å². The van der Waals surface area contributed by atoms with E-state index in [-0.39, 0.29) is 0 Å². The Morgan fingerprint density at radius 1 is 0.722 bits per heavy atom. The van der Waals surface area contributed by atoms with Gasteiger partial charge in [-0.3, -0.25) is 0 Å². The van der Waals surface area contributed by atoms with Crippen LogP contribution in [0.2, 0.25) is 0 Å². The minimum Gasteiger partial charge on any atom is -0.0654 e. The summed E-state index contributed by atoms with van der Waals surface area (Å²) in [5, 5.41) is 0. The highest BCUT2D eigenvalue weighted by atomic mass is 14.2. The molecule has 0 aliphatic carbocycles. The van der Waals surface area contributed by atoms with E-state index in [2.05, 4.69) is 41.5 Å². The molecule has 3 atom stereocenters. The molecule has 0 saturated heterocycles. The van der Waals surface area contributed by atoms with Crippen LogP contribution in [0.25, 0.3) is 0 Å². The van der Waals surface area contributed by atoms with Gasteiger partial charge in [0.05, 0.1) is 0 Å². The van der Waals surface area contributed by atoms with Crippen LogP contribution >= 0.6 is 0 Å². The lowest BCUT2D eigenvalue weighted by molar-refractivity contribution is 0.242. The van der Waals surface area contributed by atoms with Crippen LogP contribution in [0.15, 0.2) is 0 Å². The lowest BCUT2D eigenvalue weighted by Gasteiger charge is -2.27. The molecule has 0 aromatic heterocycles. The second-order valence-corrected chi connectivity index (χ2v) is 6.98. The van der Waals surface area contributed by atoms with Crippen molar-refractivity contribution in [3.63, 3.8) is 0 Å². The number of hydrogen-bond donors (Lipinski definition) is 0. The van der Waals surface area contributed by atoms with Crippen LogP contribution < -0.4 is 0 Å². The van der Waals surface area contributed by atoms with Gasteiger partial charge in [0.25, 0.3) is 0 Å². The van der Waals surface area contributed by atoms with Crippen molar-refractivity contribution < 1.29 is 0 Å². The predicted octanol–water partition coefficient (Wildman–Crippen LogP) is 6.69. The Hall–Kier alpha value is 0. The van der Waals surface area contributed by atoms with Crippen LogP contribution in [0.5, 0.6) is 0 Å². The van der Waals surface area contributed by atoms with Crippen LogP contribution in [0.3, 0.4) is 0 Å². The number of hydrogen-bond acceptors (Lipinski definition) is 0. The minimum absolute atomic E-state index is 0.868. The maximum absolute atomic E-state index is 2.50. The van der Waals surface area contributed by atoms with Crippen molar-refractivity contribution in [1.82, 2.24) is 0 Å². The Bertz CT molecular complexity index is 171. The maximum atomic E-state index is 2.50. The Kier molecular flexibility index (Phi) is 10.9. The molecule has 18 heavy (non-hydrogen) atoms. The lowest BCUT2D eigenvalue weighted by Crippen LogP contribution is -2.16. The zero-order chi connectivity index (χ0) is 14.0. The molecule has 0 radical (unpaired) electrons. The Labute approximate surface area is 117 Å².